The van der Waals surface area contributed by atoms with Gasteiger partial charge >= 0.3 is 0 Å². The number of ether oxygens (including phenoxy) is 1. The number of rotatable bonds is 7. The summed E-state index contributed by atoms with van der Waals surface area (Å²) in [5.74, 6) is 0.488. The second-order valence-electron chi connectivity index (χ2n) is 8.67. The van der Waals surface area contributed by atoms with Crippen molar-refractivity contribution < 1.29 is 19.1 Å². The number of para-hydroxylation sites is 2. The lowest BCUT2D eigenvalue weighted by atomic mass is 10.0. The van der Waals surface area contributed by atoms with E-state index >= 15 is 0 Å². The van der Waals surface area contributed by atoms with Gasteiger partial charge in [0.25, 0.3) is 5.91 Å². The average molecular weight is 463 g/mol. The van der Waals surface area contributed by atoms with Gasteiger partial charge in [-0.2, -0.15) is 5.10 Å². The van der Waals surface area contributed by atoms with E-state index in [2.05, 4.69) is 10.4 Å². The molecule has 2 aliphatic heterocycles. The Bertz CT molecular complexity index is 1080. The highest BCUT2D eigenvalue weighted by molar-refractivity contribution is 6.40. The number of carbonyl (C=O) groups is 3. The topological polar surface area (TPSA) is 91.3 Å². The molecule has 0 radical (unpaired) electrons. The number of amides is 2. The van der Waals surface area contributed by atoms with Crippen LogP contribution < -0.4 is 15.1 Å². The van der Waals surface area contributed by atoms with Crippen LogP contribution >= 0.6 is 0 Å². The number of benzene rings is 2. The maximum atomic E-state index is 12.9. The molecule has 0 saturated carbocycles. The zero-order valence-corrected chi connectivity index (χ0v) is 19.6. The molecule has 0 aromatic heterocycles. The van der Waals surface area contributed by atoms with Crippen molar-refractivity contribution in [2.75, 3.05) is 25.2 Å². The van der Waals surface area contributed by atoms with Crippen molar-refractivity contribution in [3.63, 3.8) is 0 Å². The number of carbonyl (C=O) groups excluding carboxylic acids is 3. The molecular formula is C26H30N4O4. The Morgan fingerprint density at radius 3 is 2.38 bits per heavy atom. The minimum absolute atomic E-state index is 0.0303. The molecule has 1 unspecified atom stereocenters. The molecule has 8 nitrogen and oxygen atoms in total. The van der Waals surface area contributed by atoms with Gasteiger partial charge in [-0.1, -0.05) is 36.4 Å². The predicted octanol–water partition coefficient (Wildman–Crippen LogP) is 2.57. The molecule has 0 aliphatic carbocycles. The largest absolute Gasteiger partial charge is 0.496 e. The third kappa shape index (κ3) is 5.27. The maximum absolute atomic E-state index is 12.9. The summed E-state index contributed by atoms with van der Waals surface area (Å²) in [7, 11) is 1.60. The first-order valence-corrected chi connectivity index (χ1v) is 11.6. The lowest BCUT2D eigenvalue weighted by Gasteiger charge is -2.32. The summed E-state index contributed by atoms with van der Waals surface area (Å²) in [6.07, 6.45) is 1.93. The second-order valence-corrected chi connectivity index (χ2v) is 8.67. The molecule has 2 heterocycles. The number of methoxy groups -OCH3 is 1. The van der Waals surface area contributed by atoms with Gasteiger partial charge in [0.1, 0.15) is 17.5 Å². The number of ketones is 1. The Labute approximate surface area is 199 Å². The highest BCUT2D eigenvalue weighted by Gasteiger charge is 2.35. The standard InChI is InChI=1S/C26H30N4O4/c1-18(31)23-17-22(28-30(23)21-9-4-3-5-10-21)26(33)27-20-12-14-29(15-13-20)25(32)16-19-8-6-7-11-24(19)34-2/h3-11,20,23H,12-17H2,1-2H3,(H,27,33). The van der Waals surface area contributed by atoms with E-state index in [1.54, 1.807) is 12.1 Å². The minimum atomic E-state index is -0.474. The van der Waals surface area contributed by atoms with E-state index in [1.165, 1.54) is 6.92 Å². The lowest BCUT2D eigenvalue weighted by molar-refractivity contribution is -0.131. The molecule has 1 N–H and O–H groups in total. The maximum Gasteiger partial charge on any atom is 0.267 e. The van der Waals surface area contributed by atoms with E-state index in [4.69, 9.17) is 4.74 Å². The quantitative estimate of drug-likeness (QED) is 0.683. The van der Waals surface area contributed by atoms with Crippen LogP contribution in [0.4, 0.5) is 5.69 Å². The van der Waals surface area contributed by atoms with Crippen molar-refractivity contribution in [3.05, 3.63) is 60.2 Å². The van der Waals surface area contributed by atoms with Gasteiger partial charge < -0.3 is 15.0 Å². The Hall–Kier alpha value is -3.68. The van der Waals surface area contributed by atoms with Gasteiger partial charge in [0, 0.05) is 31.1 Å². The number of hydrogen-bond acceptors (Lipinski definition) is 6. The first-order valence-electron chi connectivity index (χ1n) is 11.6. The number of nitrogens with one attached hydrogen (secondary N) is 1. The summed E-state index contributed by atoms with van der Waals surface area (Å²) in [6, 6.07) is 16.4. The first kappa shape index (κ1) is 23.5. The van der Waals surface area contributed by atoms with Crippen molar-refractivity contribution >= 4 is 29.0 Å². The van der Waals surface area contributed by atoms with Crippen molar-refractivity contribution in [1.29, 1.82) is 0 Å². The van der Waals surface area contributed by atoms with Crippen LogP contribution in [0, 0.1) is 0 Å². The lowest BCUT2D eigenvalue weighted by Crippen LogP contribution is -2.48. The Kier molecular flexibility index (Phi) is 7.25. The van der Waals surface area contributed by atoms with Crippen molar-refractivity contribution in [1.82, 2.24) is 10.2 Å². The normalized spacial score (nSPS) is 18.4. The Balaban J connectivity index is 1.32. The summed E-state index contributed by atoms with van der Waals surface area (Å²) in [5, 5.41) is 9.16. The van der Waals surface area contributed by atoms with Crippen LogP contribution in [0.1, 0.15) is 31.7 Å². The van der Waals surface area contributed by atoms with E-state index in [-0.39, 0.29) is 30.1 Å². The molecule has 2 aromatic rings. The number of nitrogens with zero attached hydrogens (tertiary/aromatic N) is 3. The third-order valence-corrected chi connectivity index (χ3v) is 6.38. The molecule has 1 fully saturated rings. The van der Waals surface area contributed by atoms with Gasteiger partial charge in [0.15, 0.2) is 5.78 Å². The number of piperidine rings is 1. The molecule has 1 saturated heterocycles. The van der Waals surface area contributed by atoms with Gasteiger partial charge in [-0.3, -0.25) is 19.4 Å². The van der Waals surface area contributed by atoms with E-state index in [1.807, 2.05) is 59.5 Å². The van der Waals surface area contributed by atoms with E-state index in [0.717, 1.165) is 11.3 Å². The van der Waals surface area contributed by atoms with Crippen LogP contribution in [-0.4, -0.2) is 60.5 Å². The Morgan fingerprint density at radius 1 is 1.03 bits per heavy atom. The van der Waals surface area contributed by atoms with Crippen molar-refractivity contribution in [2.45, 2.75) is 44.7 Å². The SMILES string of the molecule is COc1ccccc1CC(=O)N1CCC(NC(=O)C2=NN(c3ccccc3)C(C(C)=O)C2)CC1. The minimum Gasteiger partial charge on any atom is -0.496 e. The summed E-state index contributed by atoms with van der Waals surface area (Å²) < 4.78 is 5.35. The zero-order chi connectivity index (χ0) is 24.1. The Morgan fingerprint density at radius 2 is 1.71 bits per heavy atom. The highest BCUT2D eigenvalue weighted by Crippen LogP contribution is 2.25. The molecule has 8 heteroatoms. The van der Waals surface area contributed by atoms with E-state index < -0.39 is 6.04 Å². The molecule has 34 heavy (non-hydrogen) atoms. The van der Waals surface area contributed by atoms with Crippen LogP contribution in [0.2, 0.25) is 0 Å². The number of hydrogen-bond donors (Lipinski definition) is 1. The summed E-state index contributed by atoms with van der Waals surface area (Å²) in [4.78, 5) is 39.7. The smallest absolute Gasteiger partial charge is 0.267 e. The fourth-order valence-corrected chi connectivity index (χ4v) is 4.45. The van der Waals surface area contributed by atoms with Gasteiger partial charge in [-0.15, -0.1) is 0 Å². The predicted molar refractivity (Wildman–Crippen MR) is 130 cm³/mol. The fraction of sp³-hybridized carbons (Fsp3) is 0.385. The van der Waals surface area contributed by atoms with Crippen molar-refractivity contribution in [3.8, 4) is 5.75 Å². The molecule has 0 spiro atoms. The van der Waals surface area contributed by atoms with Gasteiger partial charge in [0.2, 0.25) is 5.91 Å². The van der Waals surface area contributed by atoms with E-state index in [9.17, 15) is 14.4 Å². The van der Waals surface area contributed by atoms with Crippen LogP contribution in [0.5, 0.6) is 5.75 Å². The monoisotopic (exact) mass is 462 g/mol. The number of anilines is 1. The van der Waals surface area contributed by atoms with Gasteiger partial charge in [0.05, 0.1) is 19.2 Å². The van der Waals surface area contributed by atoms with Crippen LogP contribution in [0.3, 0.4) is 0 Å². The third-order valence-electron chi connectivity index (χ3n) is 6.38. The molecule has 1 atom stereocenters. The van der Waals surface area contributed by atoms with Gasteiger partial charge in [-0.05, 0) is 38.0 Å². The van der Waals surface area contributed by atoms with Crippen LogP contribution in [-0.2, 0) is 20.8 Å². The van der Waals surface area contributed by atoms with E-state index in [0.29, 0.717) is 43.8 Å². The highest BCUT2D eigenvalue weighted by atomic mass is 16.5. The first-order chi connectivity index (χ1) is 16.5. The summed E-state index contributed by atoms with van der Waals surface area (Å²) in [5.41, 5.74) is 2.01. The molecule has 2 aliphatic rings. The van der Waals surface area contributed by atoms with Crippen molar-refractivity contribution in [2.24, 2.45) is 5.10 Å². The number of hydrazone groups is 1. The van der Waals surface area contributed by atoms with Crippen LogP contribution in [0.25, 0.3) is 0 Å². The van der Waals surface area contributed by atoms with Gasteiger partial charge in [-0.25, -0.2) is 0 Å². The second kappa shape index (κ2) is 10.5. The summed E-state index contributed by atoms with van der Waals surface area (Å²) in [6.45, 7) is 2.68. The summed E-state index contributed by atoms with van der Waals surface area (Å²) >= 11 is 0. The molecule has 0 bridgehead atoms. The fourth-order valence-electron chi connectivity index (χ4n) is 4.45. The number of Topliss-reactive ketones (excluding diaryl/α,β-unsaturated/α-hetero) is 1. The number of likely N-dealkylation sites (tertiary alicyclic amines) is 1. The molecule has 178 valence electrons. The average Bonchev–Trinajstić information content (AvgIpc) is 3.32. The molecule has 2 amide bonds. The van der Waals surface area contributed by atoms with Crippen LogP contribution in [0.15, 0.2) is 59.7 Å². The molecular weight excluding hydrogens is 432 g/mol. The molecule has 2 aromatic carbocycles. The molecule has 4 rings (SSSR count). The zero-order valence-electron chi connectivity index (χ0n) is 19.6.